The van der Waals surface area contributed by atoms with Gasteiger partial charge < -0.3 is 15.9 Å². The molecule has 4 nitrogen and oxygen atoms in total. The fraction of sp³-hybridized carbons (Fsp3) is 0.300. The molecule has 1 aromatic carbocycles. The molecule has 1 aromatic rings. The Balaban J connectivity index is 2.70. The van der Waals surface area contributed by atoms with Crippen molar-refractivity contribution in [2.45, 2.75) is 12.6 Å². The molecule has 14 heavy (non-hydrogen) atoms. The van der Waals surface area contributed by atoms with E-state index in [2.05, 4.69) is 0 Å². The van der Waals surface area contributed by atoms with Gasteiger partial charge in [-0.2, -0.15) is 0 Å². The zero-order valence-corrected chi connectivity index (χ0v) is 7.63. The minimum Gasteiger partial charge on any atom is -0.481 e. The zero-order chi connectivity index (χ0) is 10.6. The van der Waals surface area contributed by atoms with Gasteiger partial charge in [-0.3, -0.25) is 4.79 Å². The topological polar surface area (TPSA) is 83.5 Å². The Morgan fingerprint density at radius 1 is 1.36 bits per heavy atom. The number of carboxylic acid groups (broad SMARTS) is 1. The van der Waals surface area contributed by atoms with Crippen LogP contribution in [-0.4, -0.2) is 22.4 Å². The van der Waals surface area contributed by atoms with Crippen LogP contribution in [0.25, 0.3) is 0 Å². The molecule has 0 aliphatic carbocycles. The number of aliphatic hydroxyl groups is 1. The highest BCUT2D eigenvalue weighted by atomic mass is 16.4. The molecule has 2 atom stereocenters. The number of carboxylic acids is 1. The number of aliphatic carboxylic acids is 1. The molecular weight excluding hydrogens is 182 g/mol. The summed E-state index contributed by atoms with van der Waals surface area (Å²) in [6.07, 6.45) is -1.08. The van der Waals surface area contributed by atoms with Gasteiger partial charge in [0.2, 0.25) is 0 Å². The highest BCUT2D eigenvalue weighted by molar-refractivity contribution is 5.71. The number of benzene rings is 1. The smallest absolute Gasteiger partial charge is 0.310 e. The van der Waals surface area contributed by atoms with Gasteiger partial charge in [-0.05, 0) is 12.0 Å². The molecule has 0 fully saturated rings. The molecule has 1 rings (SSSR count). The Morgan fingerprint density at radius 2 is 1.93 bits per heavy atom. The van der Waals surface area contributed by atoms with Crippen molar-refractivity contribution in [1.82, 2.24) is 0 Å². The first-order valence-corrected chi connectivity index (χ1v) is 4.31. The normalized spacial score (nSPS) is 14.7. The number of hydrogen-bond donors (Lipinski definition) is 3. The SMILES string of the molecule is NC(O)C(Cc1ccccc1)C(=O)O. The quantitative estimate of drug-likeness (QED) is 0.599. The summed E-state index contributed by atoms with van der Waals surface area (Å²) in [7, 11) is 0. The lowest BCUT2D eigenvalue weighted by atomic mass is 9.98. The minimum atomic E-state index is -1.33. The average Bonchev–Trinajstić information content (AvgIpc) is 2.15. The number of hydrogen-bond acceptors (Lipinski definition) is 3. The van der Waals surface area contributed by atoms with Crippen LogP contribution in [0.5, 0.6) is 0 Å². The predicted octanol–water partition coefficient (Wildman–Crippen LogP) is 0.207. The Hall–Kier alpha value is -1.39. The summed E-state index contributed by atoms with van der Waals surface area (Å²) >= 11 is 0. The molecule has 0 heterocycles. The third kappa shape index (κ3) is 2.83. The van der Waals surface area contributed by atoms with E-state index in [1.165, 1.54) is 0 Å². The Bertz CT molecular complexity index is 297. The van der Waals surface area contributed by atoms with Crippen LogP contribution in [0.3, 0.4) is 0 Å². The Labute approximate surface area is 82.0 Å². The maximum absolute atomic E-state index is 10.7. The predicted molar refractivity (Wildman–Crippen MR) is 51.5 cm³/mol. The number of carbonyl (C=O) groups is 1. The van der Waals surface area contributed by atoms with E-state index in [4.69, 9.17) is 15.9 Å². The summed E-state index contributed by atoms with van der Waals surface area (Å²) in [6.45, 7) is 0. The molecule has 0 saturated carbocycles. The summed E-state index contributed by atoms with van der Waals surface area (Å²) < 4.78 is 0. The van der Waals surface area contributed by atoms with Crippen molar-refractivity contribution in [3.05, 3.63) is 35.9 Å². The number of rotatable bonds is 4. The molecule has 0 aliphatic rings. The lowest BCUT2D eigenvalue weighted by Gasteiger charge is -2.14. The monoisotopic (exact) mass is 195 g/mol. The third-order valence-electron chi connectivity index (χ3n) is 2.03. The van der Waals surface area contributed by atoms with Gasteiger partial charge >= 0.3 is 5.97 Å². The minimum absolute atomic E-state index is 0.244. The van der Waals surface area contributed by atoms with Gasteiger partial charge in [0.05, 0.1) is 5.92 Å². The van der Waals surface area contributed by atoms with Gasteiger partial charge in [-0.15, -0.1) is 0 Å². The standard InChI is InChI=1S/C10H13NO3/c11-9(12)8(10(13)14)6-7-4-2-1-3-5-7/h1-5,8-9,12H,6,11H2,(H,13,14). The van der Waals surface area contributed by atoms with Gasteiger partial charge in [-0.25, -0.2) is 0 Å². The van der Waals surface area contributed by atoms with Crippen LogP contribution in [0, 0.1) is 5.92 Å². The van der Waals surface area contributed by atoms with Gasteiger partial charge in [-0.1, -0.05) is 30.3 Å². The highest BCUT2D eigenvalue weighted by Crippen LogP contribution is 2.10. The second-order valence-corrected chi connectivity index (χ2v) is 3.13. The number of nitrogens with two attached hydrogens (primary N) is 1. The summed E-state index contributed by atoms with van der Waals surface area (Å²) in [5.74, 6) is -2.03. The molecule has 0 bridgehead atoms. The summed E-state index contributed by atoms with van der Waals surface area (Å²) in [4.78, 5) is 10.7. The van der Waals surface area contributed by atoms with Crippen LogP contribution < -0.4 is 5.73 Å². The van der Waals surface area contributed by atoms with Crippen LogP contribution in [0.15, 0.2) is 30.3 Å². The maximum atomic E-state index is 10.7. The van der Waals surface area contributed by atoms with Crippen LogP contribution in [0.1, 0.15) is 5.56 Å². The van der Waals surface area contributed by atoms with E-state index in [0.29, 0.717) is 0 Å². The van der Waals surface area contributed by atoms with Crippen LogP contribution >= 0.6 is 0 Å². The Kier molecular flexibility index (Phi) is 3.62. The van der Waals surface area contributed by atoms with E-state index in [1.54, 1.807) is 12.1 Å². The summed E-state index contributed by atoms with van der Waals surface area (Å²) in [6, 6.07) is 9.09. The van der Waals surface area contributed by atoms with Gasteiger partial charge in [0.1, 0.15) is 6.23 Å². The largest absolute Gasteiger partial charge is 0.481 e. The van der Waals surface area contributed by atoms with Crippen molar-refractivity contribution < 1.29 is 15.0 Å². The molecule has 0 saturated heterocycles. The van der Waals surface area contributed by atoms with E-state index < -0.39 is 18.1 Å². The van der Waals surface area contributed by atoms with Crippen molar-refractivity contribution in [2.24, 2.45) is 11.7 Å². The lowest BCUT2D eigenvalue weighted by Crippen LogP contribution is -2.36. The molecule has 0 radical (unpaired) electrons. The lowest BCUT2D eigenvalue weighted by molar-refractivity contribution is -0.145. The summed E-state index contributed by atoms with van der Waals surface area (Å²) in [5.41, 5.74) is 6.01. The van der Waals surface area contributed by atoms with E-state index in [9.17, 15) is 4.79 Å². The molecule has 0 aliphatic heterocycles. The molecule has 4 heteroatoms. The fourth-order valence-corrected chi connectivity index (χ4v) is 1.22. The molecule has 4 N–H and O–H groups in total. The Morgan fingerprint density at radius 3 is 2.36 bits per heavy atom. The molecule has 0 spiro atoms. The first kappa shape index (κ1) is 10.7. The van der Waals surface area contributed by atoms with Crippen molar-refractivity contribution in [2.75, 3.05) is 0 Å². The molecule has 0 aromatic heterocycles. The van der Waals surface area contributed by atoms with Crippen LogP contribution in [0.2, 0.25) is 0 Å². The van der Waals surface area contributed by atoms with E-state index in [1.807, 2.05) is 18.2 Å². The molecule has 2 unspecified atom stereocenters. The van der Waals surface area contributed by atoms with Gasteiger partial charge in [0.25, 0.3) is 0 Å². The molecule has 0 amide bonds. The highest BCUT2D eigenvalue weighted by Gasteiger charge is 2.23. The second-order valence-electron chi connectivity index (χ2n) is 3.13. The van der Waals surface area contributed by atoms with E-state index in [0.717, 1.165) is 5.56 Å². The van der Waals surface area contributed by atoms with E-state index in [-0.39, 0.29) is 6.42 Å². The fourth-order valence-electron chi connectivity index (χ4n) is 1.22. The van der Waals surface area contributed by atoms with Crippen molar-refractivity contribution >= 4 is 5.97 Å². The van der Waals surface area contributed by atoms with Crippen molar-refractivity contribution in [3.8, 4) is 0 Å². The van der Waals surface area contributed by atoms with Gasteiger partial charge in [0.15, 0.2) is 0 Å². The van der Waals surface area contributed by atoms with E-state index >= 15 is 0 Å². The number of aliphatic hydroxyl groups excluding tert-OH is 1. The molecular formula is C10H13NO3. The van der Waals surface area contributed by atoms with Crippen LogP contribution in [-0.2, 0) is 11.2 Å². The zero-order valence-electron chi connectivity index (χ0n) is 7.63. The van der Waals surface area contributed by atoms with Crippen molar-refractivity contribution in [3.63, 3.8) is 0 Å². The van der Waals surface area contributed by atoms with Crippen LogP contribution in [0.4, 0.5) is 0 Å². The van der Waals surface area contributed by atoms with Gasteiger partial charge in [0, 0.05) is 0 Å². The van der Waals surface area contributed by atoms with Crippen molar-refractivity contribution in [1.29, 1.82) is 0 Å². The third-order valence-corrected chi connectivity index (χ3v) is 2.03. The average molecular weight is 195 g/mol. The first-order valence-electron chi connectivity index (χ1n) is 4.31. The first-order chi connectivity index (χ1) is 6.61. The summed E-state index contributed by atoms with van der Waals surface area (Å²) in [5, 5.41) is 17.8. The second kappa shape index (κ2) is 4.74. The maximum Gasteiger partial charge on any atom is 0.310 e. The molecule has 76 valence electrons.